The minimum Gasteiger partial charge on any atom is -0.396 e. The number of anilines is 2. The van der Waals surface area contributed by atoms with E-state index in [1.807, 2.05) is 13.8 Å². The lowest BCUT2D eigenvalue weighted by atomic mass is 9.95. The first-order valence-electron chi connectivity index (χ1n) is 7.50. The Balaban J connectivity index is 2.81. The van der Waals surface area contributed by atoms with Crippen LogP contribution < -0.4 is 16.6 Å². The summed E-state index contributed by atoms with van der Waals surface area (Å²) in [5, 5.41) is 12.4. The lowest BCUT2D eigenvalue weighted by Gasteiger charge is -2.20. The van der Waals surface area contributed by atoms with E-state index >= 15 is 0 Å². The van der Waals surface area contributed by atoms with Crippen LogP contribution in [0.2, 0.25) is 0 Å². The number of aliphatic hydroxyl groups excluding tert-OH is 1. The smallest absolute Gasteiger partial charge is 0.148 e. The molecule has 0 aromatic carbocycles. The number of hydrogen-bond donors (Lipinski definition) is 4. The highest BCUT2D eigenvalue weighted by Gasteiger charge is 2.20. The topological polar surface area (TPSA) is 96.1 Å². The Kier molecular flexibility index (Phi) is 6.36. The first-order chi connectivity index (χ1) is 9.79. The fraction of sp³-hybridized carbons (Fsp3) is 0.733. The van der Waals surface area contributed by atoms with Crippen LogP contribution in [0.25, 0.3) is 0 Å². The highest BCUT2D eigenvalue weighted by Crippen LogP contribution is 2.25. The fourth-order valence-corrected chi connectivity index (χ4v) is 1.91. The lowest BCUT2D eigenvalue weighted by Crippen LogP contribution is -2.21. The van der Waals surface area contributed by atoms with Crippen molar-refractivity contribution in [1.82, 2.24) is 9.97 Å². The number of aromatic nitrogens is 2. The summed E-state index contributed by atoms with van der Waals surface area (Å²) in [5.41, 5.74) is 3.42. The molecule has 1 atom stereocenters. The van der Waals surface area contributed by atoms with Crippen LogP contribution in [0.5, 0.6) is 0 Å². The number of hydrazine groups is 1. The molecule has 0 saturated carbocycles. The quantitative estimate of drug-likeness (QED) is 0.350. The molecule has 21 heavy (non-hydrogen) atoms. The van der Waals surface area contributed by atoms with Gasteiger partial charge in [0.15, 0.2) is 0 Å². The standard InChI is InChI=1S/C15H29N5O/c1-10(9-21)7-6-8-17-12-11(2)13(20-16)19-14(18-12)15(3,4)5/h10,21H,6-9,16H2,1-5H3,(H2,17,18,19,20). The molecule has 120 valence electrons. The molecule has 0 bridgehead atoms. The zero-order valence-corrected chi connectivity index (χ0v) is 13.8. The van der Waals surface area contributed by atoms with Gasteiger partial charge in [0.05, 0.1) is 0 Å². The average Bonchev–Trinajstić information content (AvgIpc) is 2.43. The summed E-state index contributed by atoms with van der Waals surface area (Å²) in [6.07, 6.45) is 1.98. The summed E-state index contributed by atoms with van der Waals surface area (Å²) in [4.78, 5) is 9.09. The maximum Gasteiger partial charge on any atom is 0.148 e. The molecular formula is C15H29N5O. The van der Waals surface area contributed by atoms with Gasteiger partial charge in [-0.3, -0.25) is 0 Å². The van der Waals surface area contributed by atoms with Crippen LogP contribution in [0, 0.1) is 12.8 Å². The Labute approximate surface area is 127 Å². The number of nitrogens with zero attached hydrogens (tertiary/aromatic N) is 2. The fourth-order valence-electron chi connectivity index (χ4n) is 1.91. The maximum absolute atomic E-state index is 9.03. The molecule has 1 heterocycles. The van der Waals surface area contributed by atoms with Crippen LogP contribution in [0.15, 0.2) is 0 Å². The number of nitrogen functional groups attached to an aromatic ring is 1. The number of rotatable bonds is 7. The van der Waals surface area contributed by atoms with Crippen molar-refractivity contribution in [2.75, 3.05) is 23.9 Å². The Morgan fingerprint density at radius 1 is 1.24 bits per heavy atom. The van der Waals surface area contributed by atoms with E-state index in [2.05, 4.69) is 41.5 Å². The zero-order chi connectivity index (χ0) is 16.0. The largest absolute Gasteiger partial charge is 0.396 e. The monoisotopic (exact) mass is 295 g/mol. The highest BCUT2D eigenvalue weighted by atomic mass is 16.3. The Morgan fingerprint density at radius 3 is 2.38 bits per heavy atom. The first-order valence-corrected chi connectivity index (χ1v) is 7.50. The average molecular weight is 295 g/mol. The zero-order valence-electron chi connectivity index (χ0n) is 13.8. The van der Waals surface area contributed by atoms with Crippen LogP contribution in [0.3, 0.4) is 0 Å². The molecule has 0 saturated heterocycles. The van der Waals surface area contributed by atoms with Crippen molar-refractivity contribution in [3.05, 3.63) is 11.4 Å². The minimum atomic E-state index is -0.138. The summed E-state index contributed by atoms with van der Waals surface area (Å²) < 4.78 is 0. The first kappa shape index (κ1) is 17.7. The molecule has 0 amide bonds. The second-order valence-electron chi connectivity index (χ2n) is 6.62. The van der Waals surface area contributed by atoms with Crippen molar-refractivity contribution in [1.29, 1.82) is 0 Å². The van der Waals surface area contributed by atoms with Crippen molar-refractivity contribution >= 4 is 11.6 Å². The summed E-state index contributed by atoms with van der Waals surface area (Å²) in [6, 6.07) is 0. The highest BCUT2D eigenvalue weighted by molar-refractivity contribution is 5.57. The molecule has 0 spiro atoms. The van der Waals surface area contributed by atoms with Gasteiger partial charge in [0, 0.05) is 24.1 Å². The van der Waals surface area contributed by atoms with Crippen LogP contribution in [0.1, 0.15) is 51.9 Å². The number of aliphatic hydroxyl groups is 1. The normalized spacial score (nSPS) is 13.1. The van der Waals surface area contributed by atoms with Gasteiger partial charge in [-0.1, -0.05) is 27.7 Å². The molecule has 1 aromatic heterocycles. The third-order valence-corrected chi connectivity index (χ3v) is 3.43. The van der Waals surface area contributed by atoms with Crippen molar-refractivity contribution in [3.63, 3.8) is 0 Å². The van der Waals surface area contributed by atoms with Gasteiger partial charge in [-0.15, -0.1) is 0 Å². The van der Waals surface area contributed by atoms with Gasteiger partial charge < -0.3 is 15.8 Å². The number of hydrogen-bond acceptors (Lipinski definition) is 6. The van der Waals surface area contributed by atoms with Crippen LogP contribution >= 0.6 is 0 Å². The van der Waals surface area contributed by atoms with Gasteiger partial charge >= 0.3 is 0 Å². The van der Waals surface area contributed by atoms with Crippen molar-refractivity contribution < 1.29 is 5.11 Å². The van der Waals surface area contributed by atoms with E-state index in [0.717, 1.165) is 36.6 Å². The molecule has 0 aliphatic carbocycles. The van der Waals surface area contributed by atoms with E-state index in [9.17, 15) is 0 Å². The maximum atomic E-state index is 9.03. The van der Waals surface area contributed by atoms with Gasteiger partial charge in [-0.25, -0.2) is 15.8 Å². The molecule has 0 fully saturated rings. The van der Waals surface area contributed by atoms with Crippen LogP contribution in [-0.2, 0) is 5.41 Å². The minimum absolute atomic E-state index is 0.138. The molecule has 1 unspecified atom stereocenters. The van der Waals surface area contributed by atoms with Crippen molar-refractivity contribution in [2.24, 2.45) is 11.8 Å². The third kappa shape index (κ3) is 5.13. The predicted octanol–water partition coefficient (Wildman–Crippen LogP) is 2.19. The summed E-state index contributed by atoms with van der Waals surface area (Å²) in [6.45, 7) is 11.3. The Bertz CT molecular complexity index is 456. The molecule has 6 heteroatoms. The number of nitrogens with one attached hydrogen (secondary N) is 2. The molecule has 0 radical (unpaired) electrons. The predicted molar refractivity (Wildman–Crippen MR) is 87.3 cm³/mol. The van der Waals surface area contributed by atoms with Crippen LogP contribution in [0.4, 0.5) is 11.6 Å². The van der Waals surface area contributed by atoms with Gasteiger partial charge in [-0.2, -0.15) is 0 Å². The molecule has 0 aliphatic heterocycles. The second kappa shape index (κ2) is 7.56. The van der Waals surface area contributed by atoms with Crippen molar-refractivity contribution in [3.8, 4) is 0 Å². The summed E-state index contributed by atoms with van der Waals surface area (Å²) in [5.74, 6) is 8.12. The molecule has 5 N–H and O–H groups in total. The van der Waals surface area contributed by atoms with Gasteiger partial charge in [0.25, 0.3) is 0 Å². The lowest BCUT2D eigenvalue weighted by molar-refractivity contribution is 0.229. The molecule has 6 nitrogen and oxygen atoms in total. The summed E-state index contributed by atoms with van der Waals surface area (Å²) >= 11 is 0. The Morgan fingerprint density at radius 2 is 1.86 bits per heavy atom. The van der Waals surface area contributed by atoms with Gasteiger partial charge in [-0.05, 0) is 25.7 Å². The van der Waals surface area contributed by atoms with Crippen LogP contribution in [-0.4, -0.2) is 28.2 Å². The summed E-state index contributed by atoms with van der Waals surface area (Å²) in [7, 11) is 0. The Hall–Kier alpha value is -1.40. The number of nitrogens with two attached hydrogens (primary N) is 1. The third-order valence-electron chi connectivity index (χ3n) is 3.43. The molecular weight excluding hydrogens is 266 g/mol. The van der Waals surface area contributed by atoms with E-state index in [-0.39, 0.29) is 12.0 Å². The van der Waals surface area contributed by atoms with E-state index in [4.69, 9.17) is 10.9 Å². The van der Waals surface area contributed by atoms with E-state index in [1.54, 1.807) is 0 Å². The van der Waals surface area contributed by atoms with Gasteiger partial charge in [0.1, 0.15) is 17.5 Å². The van der Waals surface area contributed by atoms with E-state index in [0.29, 0.717) is 11.7 Å². The van der Waals surface area contributed by atoms with E-state index in [1.165, 1.54) is 0 Å². The second-order valence-corrected chi connectivity index (χ2v) is 6.62. The SMILES string of the molecule is Cc1c(NN)nc(C(C)(C)C)nc1NCCCC(C)CO. The molecule has 1 rings (SSSR count). The molecule has 1 aromatic rings. The van der Waals surface area contributed by atoms with E-state index < -0.39 is 0 Å². The molecule has 0 aliphatic rings. The van der Waals surface area contributed by atoms with Crippen molar-refractivity contribution in [2.45, 2.75) is 52.9 Å². The van der Waals surface area contributed by atoms with Gasteiger partial charge in [0.2, 0.25) is 0 Å².